The van der Waals surface area contributed by atoms with Gasteiger partial charge < -0.3 is 8.85 Å². The minimum atomic E-state index is -5.67. The van der Waals surface area contributed by atoms with E-state index >= 15 is 0 Å². The van der Waals surface area contributed by atoms with E-state index in [-0.39, 0.29) is 0 Å². The van der Waals surface area contributed by atoms with Crippen LogP contribution in [0, 0.1) is 0 Å². The summed E-state index contributed by atoms with van der Waals surface area (Å²) in [4.78, 5) is 0. The lowest BCUT2D eigenvalue weighted by Gasteiger charge is -2.21. The molecule has 0 N–H and O–H groups in total. The highest BCUT2D eigenvalue weighted by atomic mass is 32.2. The SMILES string of the molecule is CO[Si](C)(OC)OS(=O)(=O)C(F)(F)F. The normalized spacial score (nSPS) is 14.4. The zero-order valence-electron chi connectivity index (χ0n) is 7.58. The standard InChI is InChI=1S/C4H9F3O5SSi/c1-10-14(3,11-2)12-13(8,9)4(5,6)7/h1-3H3. The highest BCUT2D eigenvalue weighted by Gasteiger charge is 2.53. The molecule has 0 fully saturated rings. The summed E-state index contributed by atoms with van der Waals surface area (Å²) in [6.45, 7) is 1.02. The zero-order chi connectivity index (χ0) is 11.6. The molecule has 86 valence electrons. The van der Waals surface area contributed by atoms with E-state index in [2.05, 4.69) is 12.7 Å². The summed E-state index contributed by atoms with van der Waals surface area (Å²) in [6, 6.07) is 0. The molecule has 0 aliphatic rings. The van der Waals surface area contributed by atoms with Crippen molar-refractivity contribution in [2.75, 3.05) is 14.2 Å². The van der Waals surface area contributed by atoms with Crippen LogP contribution in [0.15, 0.2) is 0 Å². The molecule has 0 rings (SSSR count). The molecular weight excluding hydrogens is 245 g/mol. The van der Waals surface area contributed by atoms with Crippen molar-refractivity contribution >= 4 is 18.9 Å². The Labute approximate surface area is 80.3 Å². The topological polar surface area (TPSA) is 61.8 Å². The third-order valence-corrected chi connectivity index (χ3v) is 5.42. The van der Waals surface area contributed by atoms with Crippen LogP contribution in [0.5, 0.6) is 0 Å². The largest absolute Gasteiger partial charge is 0.522 e. The number of hydrogen-bond acceptors (Lipinski definition) is 5. The van der Waals surface area contributed by atoms with E-state index in [1.807, 2.05) is 0 Å². The molecule has 0 amide bonds. The fourth-order valence-electron chi connectivity index (χ4n) is 0.398. The Balaban J connectivity index is 4.85. The first-order valence-corrected chi connectivity index (χ1v) is 6.83. The monoisotopic (exact) mass is 254 g/mol. The van der Waals surface area contributed by atoms with Crippen LogP contribution in [-0.4, -0.2) is 37.0 Å². The molecule has 0 bridgehead atoms. The Kier molecular flexibility index (Phi) is 4.09. The van der Waals surface area contributed by atoms with Gasteiger partial charge in [-0.15, -0.1) is 0 Å². The van der Waals surface area contributed by atoms with E-state index in [0.29, 0.717) is 0 Å². The maximum Gasteiger partial charge on any atom is 0.522 e. The maximum absolute atomic E-state index is 11.8. The zero-order valence-corrected chi connectivity index (χ0v) is 9.40. The van der Waals surface area contributed by atoms with Crippen LogP contribution in [0.2, 0.25) is 6.55 Å². The summed E-state index contributed by atoms with van der Waals surface area (Å²) in [7, 11) is -7.42. The van der Waals surface area contributed by atoms with Gasteiger partial charge in [0.15, 0.2) is 0 Å². The molecule has 0 atom stereocenters. The molecule has 0 unspecified atom stereocenters. The van der Waals surface area contributed by atoms with Gasteiger partial charge in [-0.3, -0.25) is 3.87 Å². The molecule has 0 heterocycles. The van der Waals surface area contributed by atoms with E-state index in [4.69, 9.17) is 0 Å². The number of hydrogen-bond donors (Lipinski definition) is 0. The number of halogens is 3. The van der Waals surface area contributed by atoms with Gasteiger partial charge >= 0.3 is 24.4 Å². The van der Waals surface area contributed by atoms with Gasteiger partial charge in [0.2, 0.25) is 0 Å². The van der Waals surface area contributed by atoms with E-state index in [1.165, 1.54) is 0 Å². The second-order valence-electron chi connectivity index (χ2n) is 2.25. The second kappa shape index (κ2) is 4.14. The van der Waals surface area contributed by atoms with Crippen molar-refractivity contribution in [3.8, 4) is 0 Å². The van der Waals surface area contributed by atoms with Gasteiger partial charge in [-0.1, -0.05) is 0 Å². The predicted molar refractivity (Wildman–Crippen MR) is 41.7 cm³/mol. The highest BCUT2D eigenvalue weighted by molar-refractivity contribution is 7.88. The summed E-state index contributed by atoms with van der Waals surface area (Å²) < 4.78 is 69.2. The van der Waals surface area contributed by atoms with Gasteiger partial charge in [0.25, 0.3) is 0 Å². The first kappa shape index (κ1) is 13.8. The minimum Gasteiger partial charge on any atom is -0.376 e. The lowest BCUT2D eigenvalue weighted by atomic mass is 11.6. The summed E-state index contributed by atoms with van der Waals surface area (Å²) in [6.07, 6.45) is 0. The van der Waals surface area contributed by atoms with Gasteiger partial charge in [-0.2, -0.15) is 21.6 Å². The molecule has 0 saturated heterocycles. The van der Waals surface area contributed by atoms with Crippen LogP contribution >= 0.6 is 0 Å². The third kappa shape index (κ3) is 3.20. The quantitative estimate of drug-likeness (QED) is 0.546. The van der Waals surface area contributed by atoms with Crippen molar-refractivity contribution in [3.05, 3.63) is 0 Å². The van der Waals surface area contributed by atoms with Crippen LogP contribution in [0.4, 0.5) is 13.2 Å². The third-order valence-electron chi connectivity index (χ3n) is 1.29. The summed E-state index contributed by atoms with van der Waals surface area (Å²) in [5.41, 5.74) is -5.47. The van der Waals surface area contributed by atoms with Crippen LogP contribution < -0.4 is 0 Å². The Morgan fingerprint density at radius 3 is 1.71 bits per heavy atom. The average Bonchev–Trinajstić information content (AvgIpc) is 2.01. The lowest BCUT2D eigenvalue weighted by molar-refractivity contribution is -0.0525. The molecule has 0 aromatic heterocycles. The van der Waals surface area contributed by atoms with Crippen molar-refractivity contribution in [1.29, 1.82) is 0 Å². The lowest BCUT2D eigenvalue weighted by Crippen LogP contribution is -2.45. The molecule has 14 heavy (non-hydrogen) atoms. The van der Waals surface area contributed by atoms with Crippen molar-refractivity contribution in [2.24, 2.45) is 0 Å². The van der Waals surface area contributed by atoms with Crippen LogP contribution in [0.3, 0.4) is 0 Å². The Hall–Kier alpha value is -0.163. The summed E-state index contributed by atoms with van der Waals surface area (Å²) in [5.74, 6) is 0. The first-order chi connectivity index (χ1) is 6.08. The van der Waals surface area contributed by atoms with Crippen molar-refractivity contribution in [1.82, 2.24) is 0 Å². The molecular formula is C4H9F3O5SSi. The van der Waals surface area contributed by atoms with Crippen LogP contribution in [-0.2, 0) is 22.8 Å². The Bertz CT molecular complexity index is 282. The Morgan fingerprint density at radius 2 is 1.50 bits per heavy atom. The van der Waals surface area contributed by atoms with Crippen molar-refractivity contribution in [2.45, 2.75) is 12.1 Å². The molecule has 5 nitrogen and oxygen atoms in total. The molecule has 10 heteroatoms. The first-order valence-electron chi connectivity index (χ1n) is 3.20. The van der Waals surface area contributed by atoms with Gasteiger partial charge in [-0.25, -0.2) is 0 Å². The fourth-order valence-corrected chi connectivity index (χ4v) is 3.08. The van der Waals surface area contributed by atoms with E-state index < -0.39 is 24.4 Å². The minimum absolute atomic E-state index is 1.00. The van der Waals surface area contributed by atoms with Crippen LogP contribution in [0.1, 0.15) is 0 Å². The van der Waals surface area contributed by atoms with E-state index in [0.717, 1.165) is 20.8 Å². The molecule has 0 aromatic carbocycles. The van der Waals surface area contributed by atoms with Gasteiger partial charge in [0.1, 0.15) is 0 Å². The van der Waals surface area contributed by atoms with Crippen molar-refractivity contribution < 1.29 is 34.3 Å². The predicted octanol–water partition coefficient (Wildman–Crippen LogP) is 0.714. The summed E-state index contributed by atoms with van der Waals surface area (Å²) in [5, 5.41) is 0. The van der Waals surface area contributed by atoms with Gasteiger partial charge in [-0.05, 0) is 0 Å². The molecule has 0 saturated carbocycles. The summed E-state index contributed by atoms with van der Waals surface area (Å²) >= 11 is 0. The number of rotatable bonds is 4. The van der Waals surface area contributed by atoms with E-state index in [1.54, 1.807) is 0 Å². The van der Waals surface area contributed by atoms with E-state index in [9.17, 15) is 21.6 Å². The van der Waals surface area contributed by atoms with Crippen molar-refractivity contribution in [3.63, 3.8) is 0 Å². The fraction of sp³-hybridized carbons (Fsp3) is 1.00. The van der Waals surface area contributed by atoms with Gasteiger partial charge in [0.05, 0.1) is 0 Å². The van der Waals surface area contributed by atoms with Crippen LogP contribution in [0.25, 0.3) is 0 Å². The average molecular weight is 254 g/mol. The maximum atomic E-state index is 11.8. The van der Waals surface area contributed by atoms with Gasteiger partial charge in [0, 0.05) is 20.8 Å². The molecule has 0 radical (unpaired) electrons. The molecule has 0 spiro atoms. The highest BCUT2D eigenvalue weighted by Crippen LogP contribution is 2.27. The molecule has 0 aliphatic carbocycles. The number of alkyl halides is 3. The molecule has 0 aliphatic heterocycles. The smallest absolute Gasteiger partial charge is 0.376 e. The molecule has 0 aromatic rings. The second-order valence-corrected chi connectivity index (χ2v) is 6.83. The Morgan fingerprint density at radius 1 is 1.14 bits per heavy atom.